The van der Waals surface area contributed by atoms with E-state index in [0.717, 1.165) is 5.56 Å². The Labute approximate surface area is 115 Å². The number of aliphatic carboxylic acids is 1. The van der Waals surface area contributed by atoms with E-state index >= 15 is 0 Å². The van der Waals surface area contributed by atoms with Gasteiger partial charge in [0.05, 0.1) is 5.75 Å². The molecule has 0 saturated carbocycles. The van der Waals surface area contributed by atoms with Gasteiger partial charge in [0.2, 0.25) is 5.91 Å². The van der Waals surface area contributed by atoms with Gasteiger partial charge in [-0.25, -0.2) is 0 Å². The minimum atomic E-state index is -0.851. The van der Waals surface area contributed by atoms with Gasteiger partial charge >= 0.3 is 5.97 Å². The van der Waals surface area contributed by atoms with Gasteiger partial charge in [-0.15, -0.1) is 11.8 Å². The van der Waals surface area contributed by atoms with Crippen LogP contribution in [0.2, 0.25) is 0 Å². The van der Waals surface area contributed by atoms with Crippen LogP contribution in [0.3, 0.4) is 0 Å². The summed E-state index contributed by atoms with van der Waals surface area (Å²) in [6, 6.07) is 1.98. The van der Waals surface area contributed by atoms with Crippen LogP contribution >= 0.6 is 23.1 Å². The van der Waals surface area contributed by atoms with Crippen molar-refractivity contribution in [2.24, 2.45) is 0 Å². The van der Waals surface area contributed by atoms with E-state index in [2.05, 4.69) is 0 Å². The molecule has 1 atom stereocenters. The first-order valence-corrected chi connectivity index (χ1v) is 7.63. The van der Waals surface area contributed by atoms with Crippen LogP contribution in [0.5, 0.6) is 0 Å². The van der Waals surface area contributed by atoms with Crippen molar-refractivity contribution in [2.75, 3.05) is 12.8 Å². The fourth-order valence-electron chi connectivity index (χ4n) is 1.39. The number of hydrogen-bond donors (Lipinski definition) is 1. The lowest BCUT2D eigenvalue weighted by molar-refractivity contribution is -0.136. The molecule has 0 saturated heterocycles. The van der Waals surface area contributed by atoms with Crippen molar-refractivity contribution < 1.29 is 14.7 Å². The summed E-state index contributed by atoms with van der Waals surface area (Å²) in [5, 5.41) is 12.4. The molecule has 0 aromatic carbocycles. The Morgan fingerprint density at radius 1 is 1.56 bits per heavy atom. The van der Waals surface area contributed by atoms with Crippen LogP contribution in [0.15, 0.2) is 16.8 Å². The van der Waals surface area contributed by atoms with Crippen molar-refractivity contribution in [2.45, 2.75) is 25.1 Å². The van der Waals surface area contributed by atoms with E-state index in [1.54, 1.807) is 23.3 Å². The quantitative estimate of drug-likeness (QED) is 0.836. The zero-order valence-corrected chi connectivity index (χ0v) is 12.1. The highest BCUT2D eigenvalue weighted by Crippen LogP contribution is 2.16. The third-order valence-corrected chi connectivity index (χ3v) is 4.56. The minimum absolute atomic E-state index is 0.0362. The summed E-state index contributed by atoms with van der Waals surface area (Å²) in [6.45, 7) is 2.39. The fourth-order valence-corrected chi connectivity index (χ4v) is 2.99. The fraction of sp³-hybridized carbons (Fsp3) is 0.500. The summed E-state index contributed by atoms with van der Waals surface area (Å²) in [7, 11) is 1.74. The van der Waals surface area contributed by atoms with Crippen molar-refractivity contribution in [1.29, 1.82) is 0 Å². The smallest absolute Gasteiger partial charge is 0.316 e. The maximum absolute atomic E-state index is 11.8. The predicted molar refractivity (Wildman–Crippen MR) is 75.0 cm³/mol. The second-order valence-corrected chi connectivity index (χ2v) is 5.90. The molecule has 18 heavy (non-hydrogen) atoms. The molecule has 1 aromatic heterocycles. The van der Waals surface area contributed by atoms with Crippen molar-refractivity contribution in [3.05, 3.63) is 22.4 Å². The molecule has 0 aliphatic carbocycles. The molecule has 0 fully saturated rings. The van der Waals surface area contributed by atoms with Crippen LogP contribution in [-0.4, -0.2) is 39.9 Å². The largest absolute Gasteiger partial charge is 0.480 e. The molecule has 1 N–H and O–H groups in total. The van der Waals surface area contributed by atoms with E-state index in [1.807, 2.05) is 23.8 Å². The van der Waals surface area contributed by atoms with E-state index < -0.39 is 11.2 Å². The van der Waals surface area contributed by atoms with Gasteiger partial charge in [-0.2, -0.15) is 11.3 Å². The molecule has 1 rings (SSSR count). The number of carboxylic acids is 1. The van der Waals surface area contributed by atoms with Gasteiger partial charge in [-0.1, -0.05) is 6.92 Å². The molecular formula is C12H17NO3S2. The van der Waals surface area contributed by atoms with Crippen LogP contribution in [0.25, 0.3) is 0 Å². The third kappa shape index (κ3) is 4.70. The Morgan fingerprint density at radius 2 is 2.28 bits per heavy atom. The van der Waals surface area contributed by atoms with Gasteiger partial charge in [-0.3, -0.25) is 9.59 Å². The van der Waals surface area contributed by atoms with E-state index in [1.165, 1.54) is 11.8 Å². The number of nitrogens with zero attached hydrogens (tertiary/aromatic N) is 1. The number of amides is 1. The molecule has 1 unspecified atom stereocenters. The van der Waals surface area contributed by atoms with Gasteiger partial charge < -0.3 is 10.0 Å². The Kier molecular flexibility index (Phi) is 6.21. The second kappa shape index (κ2) is 7.43. The van der Waals surface area contributed by atoms with E-state index in [-0.39, 0.29) is 11.7 Å². The average molecular weight is 287 g/mol. The molecule has 4 nitrogen and oxygen atoms in total. The van der Waals surface area contributed by atoms with Crippen molar-refractivity contribution >= 4 is 35.0 Å². The zero-order valence-electron chi connectivity index (χ0n) is 10.5. The Hall–Kier alpha value is -1.01. The average Bonchev–Trinajstić information content (AvgIpc) is 2.81. The lowest BCUT2D eigenvalue weighted by Gasteiger charge is -2.17. The molecule has 0 aliphatic rings. The minimum Gasteiger partial charge on any atom is -0.480 e. The van der Waals surface area contributed by atoms with Crippen LogP contribution in [0.4, 0.5) is 0 Å². The first-order chi connectivity index (χ1) is 8.54. The molecule has 1 amide bonds. The van der Waals surface area contributed by atoms with E-state index in [0.29, 0.717) is 13.0 Å². The molecule has 0 radical (unpaired) electrons. The molecule has 1 aromatic rings. The van der Waals surface area contributed by atoms with Crippen LogP contribution in [0.1, 0.15) is 18.9 Å². The maximum atomic E-state index is 11.8. The molecular weight excluding hydrogens is 270 g/mol. The Bertz CT molecular complexity index is 392. The second-order valence-electron chi connectivity index (χ2n) is 3.93. The summed E-state index contributed by atoms with van der Waals surface area (Å²) in [4.78, 5) is 24.3. The zero-order chi connectivity index (χ0) is 13.5. The molecule has 1 heterocycles. The predicted octanol–water partition coefficient (Wildman–Crippen LogP) is 2.30. The topological polar surface area (TPSA) is 57.6 Å². The highest BCUT2D eigenvalue weighted by atomic mass is 32.2. The van der Waals surface area contributed by atoms with Gasteiger partial charge in [0.15, 0.2) is 0 Å². The number of carbonyl (C=O) groups is 2. The number of rotatable bonds is 7. The Morgan fingerprint density at radius 3 is 2.78 bits per heavy atom. The van der Waals surface area contributed by atoms with Crippen LogP contribution < -0.4 is 0 Å². The monoisotopic (exact) mass is 287 g/mol. The van der Waals surface area contributed by atoms with Gasteiger partial charge in [-0.05, 0) is 28.8 Å². The summed E-state index contributed by atoms with van der Waals surface area (Å²) < 4.78 is 0. The Balaban J connectivity index is 2.38. The number of hydrogen-bond acceptors (Lipinski definition) is 4. The summed E-state index contributed by atoms with van der Waals surface area (Å²) in [5.74, 6) is -0.674. The lowest BCUT2D eigenvalue weighted by atomic mass is 10.3. The molecule has 0 aliphatic heterocycles. The highest BCUT2D eigenvalue weighted by molar-refractivity contribution is 8.01. The SMILES string of the molecule is CCC(SCC(=O)N(C)Cc1ccsc1)C(=O)O. The van der Waals surface area contributed by atoms with E-state index in [4.69, 9.17) is 5.11 Å². The summed E-state index contributed by atoms with van der Waals surface area (Å²) >= 11 is 2.79. The van der Waals surface area contributed by atoms with Crippen molar-refractivity contribution in [3.63, 3.8) is 0 Å². The highest BCUT2D eigenvalue weighted by Gasteiger charge is 2.18. The maximum Gasteiger partial charge on any atom is 0.316 e. The molecule has 6 heteroatoms. The van der Waals surface area contributed by atoms with Crippen molar-refractivity contribution in [3.8, 4) is 0 Å². The molecule has 100 valence electrons. The third-order valence-electron chi connectivity index (χ3n) is 2.48. The lowest BCUT2D eigenvalue weighted by Crippen LogP contribution is -2.29. The number of carboxylic acid groups (broad SMARTS) is 1. The van der Waals surface area contributed by atoms with Crippen molar-refractivity contribution in [1.82, 2.24) is 4.90 Å². The summed E-state index contributed by atoms with van der Waals surface area (Å²) in [5.41, 5.74) is 1.10. The number of carbonyl (C=O) groups excluding carboxylic acids is 1. The van der Waals surface area contributed by atoms with Crippen LogP contribution in [-0.2, 0) is 16.1 Å². The van der Waals surface area contributed by atoms with Crippen LogP contribution in [0, 0.1) is 0 Å². The molecule has 0 bridgehead atoms. The van der Waals surface area contributed by atoms with Gasteiger partial charge in [0.25, 0.3) is 0 Å². The van der Waals surface area contributed by atoms with Gasteiger partial charge in [0, 0.05) is 13.6 Å². The number of thiophene rings is 1. The number of thioether (sulfide) groups is 1. The first kappa shape index (κ1) is 15.0. The van der Waals surface area contributed by atoms with E-state index in [9.17, 15) is 9.59 Å². The first-order valence-electron chi connectivity index (χ1n) is 5.64. The summed E-state index contributed by atoms with van der Waals surface area (Å²) in [6.07, 6.45) is 0.529. The standard InChI is InChI=1S/C12H17NO3S2/c1-3-10(12(15)16)18-8-11(14)13(2)6-9-4-5-17-7-9/h4-5,7,10H,3,6,8H2,1-2H3,(H,15,16). The molecule has 0 spiro atoms. The normalized spacial score (nSPS) is 12.1. The van der Waals surface area contributed by atoms with Gasteiger partial charge in [0.1, 0.15) is 5.25 Å².